The Hall–Kier alpha value is -0.890. The Kier molecular flexibility index (Phi) is 1.85. The van der Waals surface area contributed by atoms with Crippen molar-refractivity contribution in [1.82, 2.24) is 0 Å². The van der Waals surface area contributed by atoms with E-state index in [1.807, 2.05) is 6.07 Å². The third-order valence-electron chi connectivity index (χ3n) is 2.47. The first-order valence-electron chi connectivity index (χ1n) is 4.29. The molecule has 0 bridgehead atoms. The van der Waals surface area contributed by atoms with Gasteiger partial charge in [-0.25, -0.2) is 4.39 Å². The minimum atomic E-state index is -0.0948. The first kappa shape index (κ1) is 7.74. The van der Waals surface area contributed by atoms with Gasteiger partial charge < -0.3 is 5.73 Å². The molecule has 2 N–H and O–H groups in total. The molecule has 0 spiro atoms. The Bertz CT molecular complexity index is 296. The molecule has 2 heteroatoms. The van der Waals surface area contributed by atoms with E-state index in [0.29, 0.717) is 6.42 Å². The van der Waals surface area contributed by atoms with Crippen LogP contribution < -0.4 is 5.73 Å². The molecule has 1 atom stereocenters. The van der Waals surface area contributed by atoms with E-state index in [1.165, 1.54) is 6.07 Å². The molecule has 1 nitrogen and oxygen atoms in total. The van der Waals surface area contributed by atoms with E-state index in [1.54, 1.807) is 6.07 Å². The molecule has 1 unspecified atom stereocenters. The molecule has 1 aromatic rings. The SMILES string of the molecule is NC1CCc2cccc(F)c2C1. The van der Waals surface area contributed by atoms with Crippen LogP contribution in [0.4, 0.5) is 4.39 Å². The van der Waals surface area contributed by atoms with Crippen molar-refractivity contribution in [2.75, 3.05) is 0 Å². The van der Waals surface area contributed by atoms with Crippen molar-refractivity contribution in [2.24, 2.45) is 5.73 Å². The minimum Gasteiger partial charge on any atom is -0.327 e. The lowest BCUT2D eigenvalue weighted by molar-refractivity contribution is 0.534. The van der Waals surface area contributed by atoms with Gasteiger partial charge in [0.05, 0.1) is 0 Å². The lowest BCUT2D eigenvalue weighted by atomic mass is 9.88. The molecule has 12 heavy (non-hydrogen) atoms. The zero-order valence-corrected chi connectivity index (χ0v) is 6.89. The molecule has 64 valence electrons. The highest BCUT2D eigenvalue weighted by atomic mass is 19.1. The molecular weight excluding hydrogens is 153 g/mol. The van der Waals surface area contributed by atoms with Gasteiger partial charge in [0, 0.05) is 6.04 Å². The summed E-state index contributed by atoms with van der Waals surface area (Å²) >= 11 is 0. The summed E-state index contributed by atoms with van der Waals surface area (Å²) in [5.41, 5.74) is 7.72. The fourth-order valence-electron chi connectivity index (χ4n) is 1.77. The summed E-state index contributed by atoms with van der Waals surface area (Å²) in [6.07, 6.45) is 2.60. The zero-order valence-electron chi connectivity index (χ0n) is 6.89. The Labute approximate surface area is 71.4 Å². The van der Waals surface area contributed by atoms with Crippen LogP contribution in [0.15, 0.2) is 18.2 Å². The van der Waals surface area contributed by atoms with Gasteiger partial charge in [0.2, 0.25) is 0 Å². The highest BCUT2D eigenvalue weighted by Gasteiger charge is 2.17. The molecule has 1 aliphatic carbocycles. The number of rotatable bonds is 0. The number of aryl methyl sites for hydroxylation is 1. The van der Waals surface area contributed by atoms with Crippen LogP contribution >= 0.6 is 0 Å². The smallest absolute Gasteiger partial charge is 0.126 e. The lowest BCUT2D eigenvalue weighted by Gasteiger charge is -2.21. The van der Waals surface area contributed by atoms with E-state index in [4.69, 9.17) is 5.73 Å². The molecule has 0 radical (unpaired) electrons. The summed E-state index contributed by atoms with van der Waals surface area (Å²) in [6, 6.07) is 5.42. The molecule has 0 aliphatic heterocycles. The second-order valence-corrected chi connectivity index (χ2v) is 3.38. The second-order valence-electron chi connectivity index (χ2n) is 3.38. The van der Waals surface area contributed by atoms with E-state index >= 15 is 0 Å². The van der Waals surface area contributed by atoms with Crippen LogP contribution in [0.25, 0.3) is 0 Å². The molecular formula is C10H12FN. The topological polar surface area (TPSA) is 26.0 Å². The van der Waals surface area contributed by atoms with Gasteiger partial charge >= 0.3 is 0 Å². The fourth-order valence-corrected chi connectivity index (χ4v) is 1.77. The van der Waals surface area contributed by atoms with E-state index in [2.05, 4.69) is 0 Å². The van der Waals surface area contributed by atoms with Crippen molar-refractivity contribution in [3.8, 4) is 0 Å². The number of hydrogen-bond acceptors (Lipinski definition) is 1. The maximum absolute atomic E-state index is 13.2. The summed E-state index contributed by atoms with van der Waals surface area (Å²) in [7, 11) is 0. The molecule has 1 aliphatic rings. The highest BCUT2D eigenvalue weighted by Crippen LogP contribution is 2.22. The van der Waals surface area contributed by atoms with Crippen molar-refractivity contribution in [3.63, 3.8) is 0 Å². The van der Waals surface area contributed by atoms with Crippen LogP contribution in [0.5, 0.6) is 0 Å². The van der Waals surface area contributed by atoms with Crippen LogP contribution in [0.3, 0.4) is 0 Å². The fraction of sp³-hybridized carbons (Fsp3) is 0.400. The van der Waals surface area contributed by atoms with E-state index < -0.39 is 0 Å². The van der Waals surface area contributed by atoms with Crippen molar-refractivity contribution in [2.45, 2.75) is 25.3 Å². The van der Waals surface area contributed by atoms with Gasteiger partial charge in [-0.2, -0.15) is 0 Å². The number of fused-ring (bicyclic) bond motifs is 1. The van der Waals surface area contributed by atoms with E-state index in [9.17, 15) is 4.39 Å². The molecule has 2 rings (SSSR count). The average Bonchev–Trinajstić information content (AvgIpc) is 2.07. The van der Waals surface area contributed by atoms with Gasteiger partial charge in [-0.3, -0.25) is 0 Å². The second kappa shape index (κ2) is 2.87. The average molecular weight is 165 g/mol. The first-order chi connectivity index (χ1) is 5.77. The monoisotopic (exact) mass is 165 g/mol. The third-order valence-corrected chi connectivity index (χ3v) is 2.47. The maximum Gasteiger partial charge on any atom is 0.126 e. The Morgan fingerprint density at radius 3 is 3.08 bits per heavy atom. The lowest BCUT2D eigenvalue weighted by Crippen LogP contribution is -2.28. The van der Waals surface area contributed by atoms with Crippen molar-refractivity contribution in [3.05, 3.63) is 35.1 Å². The van der Waals surface area contributed by atoms with Crippen LogP contribution in [0, 0.1) is 5.82 Å². The third kappa shape index (κ3) is 1.23. The number of hydrogen-bond donors (Lipinski definition) is 1. The van der Waals surface area contributed by atoms with Crippen LogP contribution in [0.2, 0.25) is 0 Å². The van der Waals surface area contributed by atoms with Crippen LogP contribution in [-0.4, -0.2) is 6.04 Å². The van der Waals surface area contributed by atoms with Crippen molar-refractivity contribution in [1.29, 1.82) is 0 Å². The molecule has 0 heterocycles. The summed E-state index contributed by atoms with van der Waals surface area (Å²) in [4.78, 5) is 0. The summed E-state index contributed by atoms with van der Waals surface area (Å²) in [5, 5.41) is 0. The Morgan fingerprint density at radius 1 is 1.42 bits per heavy atom. The summed E-state index contributed by atoms with van der Waals surface area (Å²) < 4.78 is 13.2. The maximum atomic E-state index is 13.2. The van der Waals surface area contributed by atoms with Crippen molar-refractivity contribution < 1.29 is 4.39 Å². The standard InChI is InChI=1S/C10H12FN/c11-10-3-1-2-7-4-5-8(12)6-9(7)10/h1-3,8H,4-6,12H2. The van der Waals surface area contributed by atoms with Crippen molar-refractivity contribution >= 4 is 0 Å². The zero-order chi connectivity index (χ0) is 8.55. The molecule has 0 amide bonds. The van der Waals surface area contributed by atoms with Gasteiger partial charge in [-0.05, 0) is 36.5 Å². The molecule has 0 fully saturated rings. The predicted molar refractivity (Wildman–Crippen MR) is 46.4 cm³/mol. The van der Waals surface area contributed by atoms with Crippen LogP contribution in [0.1, 0.15) is 17.5 Å². The number of halogens is 1. The Morgan fingerprint density at radius 2 is 2.25 bits per heavy atom. The molecule has 0 aromatic heterocycles. The largest absolute Gasteiger partial charge is 0.327 e. The molecule has 1 aromatic carbocycles. The highest BCUT2D eigenvalue weighted by molar-refractivity contribution is 5.31. The number of nitrogens with two attached hydrogens (primary N) is 1. The van der Waals surface area contributed by atoms with Gasteiger partial charge in [-0.1, -0.05) is 12.1 Å². The summed E-state index contributed by atoms with van der Waals surface area (Å²) in [5.74, 6) is -0.0948. The number of benzene rings is 1. The minimum absolute atomic E-state index is 0.0948. The molecule has 0 saturated heterocycles. The summed E-state index contributed by atoms with van der Waals surface area (Å²) in [6.45, 7) is 0. The van der Waals surface area contributed by atoms with E-state index in [0.717, 1.165) is 24.0 Å². The normalized spacial score (nSPS) is 22.0. The van der Waals surface area contributed by atoms with Gasteiger partial charge in [0.1, 0.15) is 5.82 Å². The first-order valence-corrected chi connectivity index (χ1v) is 4.29. The van der Waals surface area contributed by atoms with Gasteiger partial charge in [-0.15, -0.1) is 0 Å². The van der Waals surface area contributed by atoms with E-state index in [-0.39, 0.29) is 11.9 Å². The quantitative estimate of drug-likeness (QED) is 0.621. The van der Waals surface area contributed by atoms with Gasteiger partial charge in [0.15, 0.2) is 0 Å². The Balaban J connectivity index is 2.43. The van der Waals surface area contributed by atoms with Crippen LogP contribution in [-0.2, 0) is 12.8 Å². The molecule has 0 saturated carbocycles. The van der Waals surface area contributed by atoms with Gasteiger partial charge in [0.25, 0.3) is 0 Å². The predicted octanol–water partition coefficient (Wildman–Crippen LogP) is 1.64.